The smallest absolute Gasteiger partial charge is 0.270 e. The normalized spacial score (nSPS) is 17.5. The monoisotopic (exact) mass is 436 g/mol. The predicted molar refractivity (Wildman–Crippen MR) is 107 cm³/mol. The summed E-state index contributed by atoms with van der Waals surface area (Å²) in [7, 11) is -3.85. The summed E-state index contributed by atoms with van der Waals surface area (Å²) in [4.78, 5) is 22.8. The van der Waals surface area contributed by atoms with Gasteiger partial charge in [-0.25, -0.2) is 13.8 Å². The van der Waals surface area contributed by atoms with Crippen LogP contribution in [0.15, 0.2) is 58.5 Å². The summed E-state index contributed by atoms with van der Waals surface area (Å²) in [6, 6.07) is 10.6. The van der Waals surface area contributed by atoms with Crippen LogP contribution in [0.2, 0.25) is 5.02 Å². The molecule has 1 aliphatic rings. The molecule has 0 aromatic heterocycles. The molecule has 1 fully saturated rings. The fourth-order valence-electron chi connectivity index (χ4n) is 3.00. The van der Waals surface area contributed by atoms with Gasteiger partial charge in [-0.05, 0) is 37.1 Å². The number of benzene rings is 2. The van der Waals surface area contributed by atoms with E-state index in [1.165, 1.54) is 48.7 Å². The summed E-state index contributed by atoms with van der Waals surface area (Å²) < 4.78 is 26.9. The number of sulfonamides is 1. The van der Waals surface area contributed by atoms with E-state index >= 15 is 0 Å². The zero-order valence-electron chi connectivity index (χ0n) is 15.1. The number of hydrogen-bond donors (Lipinski definition) is 1. The van der Waals surface area contributed by atoms with Gasteiger partial charge in [0.1, 0.15) is 6.04 Å². The number of carbonyl (C=O) groups excluding carboxylic acids is 1. The zero-order valence-corrected chi connectivity index (χ0v) is 16.6. The van der Waals surface area contributed by atoms with Gasteiger partial charge in [-0.3, -0.25) is 14.9 Å². The van der Waals surface area contributed by atoms with Crippen LogP contribution < -0.4 is 5.43 Å². The van der Waals surface area contributed by atoms with Crippen LogP contribution in [0.4, 0.5) is 5.69 Å². The third-order valence-electron chi connectivity index (χ3n) is 4.40. The summed E-state index contributed by atoms with van der Waals surface area (Å²) in [5.41, 5.74) is 2.64. The summed E-state index contributed by atoms with van der Waals surface area (Å²) in [6.45, 7) is 0.220. The van der Waals surface area contributed by atoms with E-state index in [9.17, 15) is 23.3 Å². The molecule has 1 N–H and O–H groups in total. The highest BCUT2D eigenvalue weighted by molar-refractivity contribution is 7.89. The van der Waals surface area contributed by atoms with Crippen LogP contribution >= 0.6 is 11.6 Å². The van der Waals surface area contributed by atoms with Crippen LogP contribution in [0, 0.1) is 10.1 Å². The van der Waals surface area contributed by atoms with Gasteiger partial charge in [0.25, 0.3) is 11.6 Å². The highest BCUT2D eigenvalue weighted by Crippen LogP contribution is 2.27. The fourth-order valence-corrected chi connectivity index (χ4v) is 4.78. The Morgan fingerprint density at radius 1 is 1.28 bits per heavy atom. The van der Waals surface area contributed by atoms with Gasteiger partial charge in [0, 0.05) is 29.3 Å². The van der Waals surface area contributed by atoms with Gasteiger partial charge in [0.15, 0.2) is 0 Å². The first kappa shape index (κ1) is 20.9. The second kappa shape index (κ2) is 8.68. The van der Waals surface area contributed by atoms with E-state index in [2.05, 4.69) is 10.5 Å². The molecule has 152 valence electrons. The molecular formula is C18H17ClN4O5S. The summed E-state index contributed by atoms with van der Waals surface area (Å²) in [6.07, 6.45) is 2.17. The van der Waals surface area contributed by atoms with Gasteiger partial charge in [-0.1, -0.05) is 23.7 Å². The van der Waals surface area contributed by atoms with E-state index in [0.29, 0.717) is 23.4 Å². The average Bonchev–Trinajstić information content (AvgIpc) is 3.19. The highest BCUT2D eigenvalue weighted by Gasteiger charge is 2.39. The Bertz CT molecular complexity index is 1060. The summed E-state index contributed by atoms with van der Waals surface area (Å²) in [5, 5.41) is 15.0. The summed E-state index contributed by atoms with van der Waals surface area (Å²) >= 11 is 5.81. The first-order chi connectivity index (χ1) is 13.8. The maximum Gasteiger partial charge on any atom is 0.270 e. The molecule has 1 heterocycles. The lowest BCUT2D eigenvalue weighted by Gasteiger charge is -2.22. The number of nitro benzene ring substituents is 1. The fraction of sp³-hybridized carbons (Fsp3) is 0.222. The second-order valence-electron chi connectivity index (χ2n) is 6.31. The Balaban J connectivity index is 1.71. The maximum atomic E-state index is 12.9. The molecule has 2 aromatic carbocycles. The SMILES string of the molecule is O=C(N/N=C\c1cccc([N+](=O)[O-])c1)[C@H]1CCCN1S(=O)(=O)c1ccc(Cl)cc1. The van der Waals surface area contributed by atoms with Crippen LogP contribution in [0.5, 0.6) is 0 Å². The topological polar surface area (TPSA) is 122 Å². The number of carbonyl (C=O) groups is 1. The molecule has 29 heavy (non-hydrogen) atoms. The number of hydrogen-bond acceptors (Lipinski definition) is 6. The van der Waals surface area contributed by atoms with E-state index in [4.69, 9.17) is 11.6 Å². The van der Waals surface area contributed by atoms with E-state index in [1.807, 2.05) is 0 Å². The minimum atomic E-state index is -3.85. The largest absolute Gasteiger partial charge is 0.271 e. The molecule has 0 spiro atoms. The molecule has 0 bridgehead atoms. The minimum Gasteiger partial charge on any atom is -0.271 e. The van der Waals surface area contributed by atoms with Gasteiger partial charge in [-0.15, -0.1) is 0 Å². The summed E-state index contributed by atoms with van der Waals surface area (Å²) in [5.74, 6) is -0.568. The number of amides is 1. The molecule has 2 aromatic rings. The van der Waals surface area contributed by atoms with Crippen molar-refractivity contribution in [2.45, 2.75) is 23.8 Å². The molecule has 0 aliphatic carbocycles. The van der Waals surface area contributed by atoms with Crippen molar-refractivity contribution in [3.63, 3.8) is 0 Å². The molecular weight excluding hydrogens is 420 g/mol. The third kappa shape index (κ3) is 4.78. The average molecular weight is 437 g/mol. The van der Waals surface area contributed by atoms with Crippen LogP contribution in [-0.2, 0) is 14.8 Å². The van der Waals surface area contributed by atoms with Crippen molar-refractivity contribution < 1.29 is 18.1 Å². The number of halogens is 1. The standard InChI is InChI=1S/C18H17ClN4O5S/c19-14-6-8-16(9-7-14)29(27,28)22-10-2-5-17(22)18(24)21-20-12-13-3-1-4-15(11-13)23(25)26/h1,3-4,6-9,11-12,17H,2,5,10H2,(H,21,24)/b20-12-/t17-/m1/s1. The Hall–Kier alpha value is -2.82. The van der Waals surface area contributed by atoms with Gasteiger partial charge >= 0.3 is 0 Å². The molecule has 1 aliphatic heterocycles. The lowest BCUT2D eigenvalue weighted by atomic mass is 10.2. The van der Waals surface area contributed by atoms with Crippen LogP contribution in [0.25, 0.3) is 0 Å². The Labute approximate surface area is 172 Å². The highest BCUT2D eigenvalue weighted by atomic mass is 35.5. The molecule has 9 nitrogen and oxygen atoms in total. The maximum absolute atomic E-state index is 12.9. The van der Waals surface area contributed by atoms with E-state index < -0.39 is 26.9 Å². The molecule has 1 amide bonds. The van der Waals surface area contributed by atoms with E-state index in [-0.39, 0.29) is 17.1 Å². The van der Waals surface area contributed by atoms with Gasteiger partial charge in [0.05, 0.1) is 16.0 Å². The van der Waals surface area contributed by atoms with E-state index in [1.54, 1.807) is 6.07 Å². The Kier molecular flexibility index (Phi) is 6.26. The first-order valence-electron chi connectivity index (χ1n) is 8.64. The Morgan fingerprint density at radius 2 is 2.00 bits per heavy atom. The molecule has 1 atom stereocenters. The molecule has 0 radical (unpaired) electrons. The lowest BCUT2D eigenvalue weighted by molar-refractivity contribution is -0.384. The quantitative estimate of drug-likeness (QED) is 0.423. The number of hydrazone groups is 1. The van der Waals surface area contributed by atoms with Crippen LogP contribution in [-0.4, -0.2) is 42.4 Å². The molecule has 0 saturated carbocycles. The van der Waals surface area contributed by atoms with Crippen molar-refractivity contribution in [1.82, 2.24) is 9.73 Å². The number of non-ortho nitro benzene ring substituents is 1. The number of rotatable bonds is 6. The third-order valence-corrected chi connectivity index (χ3v) is 6.57. The molecule has 3 rings (SSSR count). The number of nitrogens with one attached hydrogen (secondary N) is 1. The number of nitro groups is 1. The van der Waals surface area contributed by atoms with Gasteiger partial charge < -0.3 is 0 Å². The first-order valence-corrected chi connectivity index (χ1v) is 10.5. The van der Waals surface area contributed by atoms with Crippen molar-refractivity contribution in [2.75, 3.05) is 6.54 Å². The predicted octanol–water partition coefficient (Wildman–Crippen LogP) is 2.55. The lowest BCUT2D eigenvalue weighted by Crippen LogP contribution is -2.44. The van der Waals surface area contributed by atoms with Gasteiger partial charge in [-0.2, -0.15) is 9.41 Å². The second-order valence-corrected chi connectivity index (χ2v) is 8.64. The van der Waals surface area contributed by atoms with Crippen molar-refractivity contribution in [1.29, 1.82) is 0 Å². The van der Waals surface area contributed by atoms with Gasteiger partial charge in [0.2, 0.25) is 10.0 Å². The molecule has 1 saturated heterocycles. The van der Waals surface area contributed by atoms with Crippen molar-refractivity contribution in [2.24, 2.45) is 5.10 Å². The molecule has 0 unspecified atom stereocenters. The zero-order chi connectivity index (χ0) is 21.0. The molecule has 11 heteroatoms. The number of nitrogens with zero attached hydrogens (tertiary/aromatic N) is 3. The van der Waals surface area contributed by atoms with E-state index in [0.717, 1.165) is 4.31 Å². The minimum absolute atomic E-state index is 0.0571. The van der Waals surface area contributed by atoms with Crippen LogP contribution in [0.3, 0.4) is 0 Å². The Morgan fingerprint density at radius 3 is 2.69 bits per heavy atom. The van der Waals surface area contributed by atoms with Crippen LogP contribution in [0.1, 0.15) is 18.4 Å². The van der Waals surface area contributed by atoms with Crippen molar-refractivity contribution in [3.05, 3.63) is 69.2 Å². The van der Waals surface area contributed by atoms with Crippen molar-refractivity contribution >= 4 is 39.4 Å². The van der Waals surface area contributed by atoms with Crippen molar-refractivity contribution in [3.8, 4) is 0 Å².